The number of nitrogens with zero attached hydrogens (tertiary/aromatic N) is 1. The molecule has 1 saturated carbocycles. The van der Waals surface area contributed by atoms with Crippen LogP contribution >= 0.6 is 0 Å². The lowest BCUT2D eigenvalue weighted by Crippen LogP contribution is -2.46. The summed E-state index contributed by atoms with van der Waals surface area (Å²) in [4.78, 5) is 26.0. The quantitative estimate of drug-likeness (QED) is 0.854. The van der Waals surface area contributed by atoms with E-state index in [1.807, 2.05) is 4.90 Å². The van der Waals surface area contributed by atoms with E-state index in [4.69, 9.17) is 0 Å². The van der Waals surface area contributed by atoms with Gasteiger partial charge >= 0.3 is 5.97 Å². The summed E-state index contributed by atoms with van der Waals surface area (Å²) in [5.74, 6) is -1.06. The third-order valence-corrected chi connectivity index (χ3v) is 4.96. The van der Waals surface area contributed by atoms with E-state index in [0.717, 1.165) is 32.2 Å². The maximum Gasteiger partial charge on any atom is 0.307 e. The molecule has 4 heteroatoms. The van der Waals surface area contributed by atoms with E-state index in [0.29, 0.717) is 12.3 Å². The van der Waals surface area contributed by atoms with Gasteiger partial charge in [0.1, 0.15) is 0 Å². The lowest BCUT2D eigenvalue weighted by atomic mass is 9.92. The molecular weight excluding hydrogens is 242 g/mol. The Morgan fingerprint density at radius 3 is 2.47 bits per heavy atom. The van der Waals surface area contributed by atoms with Crippen molar-refractivity contribution in [2.75, 3.05) is 6.54 Å². The third-order valence-electron chi connectivity index (χ3n) is 4.96. The third kappa shape index (κ3) is 2.93. The van der Waals surface area contributed by atoms with E-state index in [1.165, 1.54) is 6.42 Å². The van der Waals surface area contributed by atoms with Crippen LogP contribution < -0.4 is 0 Å². The minimum absolute atomic E-state index is 0.0931. The summed E-state index contributed by atoms with van der Waals surface area (Å²) < 4.78 is 0. The summed E-state index contributed by atoms with van der Waals surface area (Å²) >= 11 is 0. The molecule has 0 bridgehead atoms. The number of carboxylic acid groups (broad SMARTS) is 1. The van der Waals surface area contributed by atoms with E-state index in [2.05, 4.69) is 13.8 Å². The maximum atomic E-state index is 12.6. The smallest absolute Gasteiger partial charge is 0.307 e. The Kier molecular flexibility index (Phi) is 4.48. The van der Waals surface area contributed by atoms with Crippen LogP contribution in [0.15, 0.2) is 0 Å². The molecule has 1 saturated heterocycles. The number of carbonyl (C=O) groups is 2. The predicted octanol–water partition coefficient (Wildman–Crippen LogP) is 2.52. The van der Waals surface area contributed by atoms with Gasteiger partial charge in [-0.2, -0.15) is 0 Å². The van der Waals surface area contributed by atoms with Crippen molar-refractivity contribution in [2.24, 2.45) is 17.8 Å². The molecule has 0 spiro atoms. The van der Waals surface area contributed by atoms with Crippen LogP contribution in [0, 0.1) is 17.8 Å². The standard InChI is InChI=1S/C15H25NO3/c1-3-11-8-12(13(9-11)15(18)19)14(17)16-7-5-4-6-10(16)2/h10-13H,3-9H2,1-2H3,(H,18,19). The summed E-state index contributed by atoms with van der Waals surface area (Å²) in [7, 11) is 0. The lowest BCUT2D eigenvalue weighted by molar-refractivity contribution is -0.150. The fourth-order valence-corrected chi connectivity index (χ4v) is 3.66. The largest absolute Gasteiger partial charge is 0.481 e. The van der Waals surface area contributed by atoms with Crippen molar-refractivity contribution in [1.29, 1.82) is 0 Å². The summed E-state index contributed by atoms with van der Waals surface area (Å²) in [6, 6.07) is 0.274. The number of carboxylic acids is 1. The Bertz CT molecular complexity index is 355. The van der Waals surface area contributed by atoms with Crippen molar-refractivity contribution in [3.05, 3.63) is 0 Å². The van der Waals surface area contributed by atoms with E-state index in [1.54, 1.807) is 0 Å². The van der Waals surface area contributed by atoms with Gasteiger partial charge in [-0.25, -0.2) is 0 Å². The zero-order valence-corrected chi connectivity index (χ0v) is 12.0. The minimum Gasteiger partial charge on any atom is -0.481 e. The van der Waals surface area contributed by atoms with Gasteiger partial charge in [0.25, 0.3) is 0 Å². The Hall–Kier alpha value is -1.06. The summed E-state index contributed by atoms with van der Waals surface area (Å²) in [5, 5.41) is 9.34. The van der Waals surface area contributed by atoms with Crippen LogP contribution in [0.4, 0.5) is 0 Å². The molecule has 4 unspecified atom stereocenters. The molecule has 108 valence electrons. The van der Waals surface area contributed by atoms with E-state index in [9.17, 15) is 14.7 Å². The van der Waals surface area contributed by atoms with Gasteiger partial charge in [0.15, 0.2) is 0 Å². The molecule has 0 aromatic carbocycles. The van der Waals surface area contributed by atoms with Crippen molar-refractivity contribution in [1.82, 2.24) is 4.90 Å². The van der Waals surface area contributed by atoms with E-state index < -0.39 is 11.9 Å². The van der Waals surface area contributed by atoms with Gasteiger partial charge < -0.3 is 10.0 Å². The number of amides is 1. The number of rotatable bonds is 3. The van der Waals surface area contributed by atoms with Crippen molar-refractivity contribution in [2.45, 2.75) is 58.4 Å². The topological polar surface area (TPSA) is 57.6 Å². The summed E-state index contributed by atoms with van der Waals surface area (Å²) in [6.07, 6.45) is 5.68. The fourth-order valence-electron chi connectivity index (χ4n) is 3.66. The summed E-state index contributed by atoms with van der Waals surface area (Å²) in [6.45, 7) is 4.97. The van der Waals surface area contributed by atoms with Gasteiger partial charge in [-0.3, -0.25) is 9.59 Å². The molecule has 1 aliphatic heterocycles. The highest BCUT2D eigenvalue weighted by Gasteiger charge is 2.44. The second kappa shape index (κ2) is 5.93. The average Bonchev–Trinajstić information content (AvgIpc) is 2.83. The first-order chi connectivity index (χ1) is 9.04. The van der Waals surface area contributed by atoms with Gasteiger partial charge in [-0.05, 0) is 44.9 Å². The number of aliphatic carboxylic acids is 1. The molecule has 4 nitrogen and oxygen atoms in total. The molecule has 2 aliphatic rings. The Morgan fingerprint density at radius 2 is 1.89 bits per heavy atom. The second-order valence-electron chi connectivity index (χ2n) is 6.17. The number of likely N-dealkylation sites (tertiary alicyclic amines) is 1. The van der Waals surface area contributed by atoms with Crippen LogP contribution in [-0.4, -0.2) is 34.5 Å². The first-order valence-electron chi connectivity index (χ1n) is 7.57. The molecule has 1 heterocycles. The highest BCUT2D eigenvalue weighted by Crippen LogP contribution is 2.40. The van der Waals surface area contributed by atoms with Crippen LogP contribution in [0.3, 0.4) is 0 Å². The van der Waals surface area contributed by atoms with Crippen molar-refractivity contribution in [3.8, 4) is 0 Å². The van der Waals surface area contributed by atoms with Gasteiger partial charge in [0, 0.05) is 12.6 Å². The molecule has 1 aliphatic carbocycles. The van der Waals surface area contributed by atoms with Crippen LogP contribution in [0.2, 0.25) is 0 Å². The van der Waals surface area contributed by atoms with Gasteiger partial charge in [-0.15, -0.1) is 0 Å². The van der Waals surface area contributed by atoms with Gasteiger partial charge in [0.05, 0.1) is 11.8 Å². The van der Waals surface area contributed by atoms with Crippen molar-refractivity contribution >= 4 is 11.9 Å². The fraction of sp³-hybridized carbons (Fsp3) is 0.867. The molecule has 0 radical (unpaired) electrons. The molecule has 0 aromatic heterocycles. The van der Waals surface area contributed by atoms with E-state index >= 15 is 0 Å². The molecule has 1 amide bonds. The Balaban J connectivity index is 2.09. The SMILES string of the molecule is CCC1CC(C(=O)O)C(C(=O)N2CCCCC2C)C1. The molecule has 19 heavy (non-hydrogen) atoms. The second-order valence-corrected chi connectivity index (χ2v) is 6.17. The lowest BCUT2D eigenvalue weighted by Gasteiger charge is -2.36. The van der Waals surface area contributed by atoms with Crippen LogP contribution in [0.25, 0.3) is 0 Å². The predicted molar refractivity (Wildman–Crippen MR) is 72.7 cm³/mol. The zero-order chi connectivity index (χ0) is 14.0. The van der Waals surface area contributed by atoms with Crippen LogP contribution in [0.5, 0.6) is 0 Å². The molecule has 4 atom stereocenters. The molecule has 2 fully saturated rings. The first kappa shape index (κ1) is 14.4. The monoisotopic (exact) mass is 267 g/mol. The number of hydrogen-bond acceptors (Lipinski definition) is 2. The van der Waals surface area contributed by atoms with E-state index in [-0.39, 0.29) is 17.9 Å². The highest BCUT2D eigenvalue weighted by atomic mass is 16.4. The van der Waals surface area contributed by atoms with Gasteiger partial charge in [-0.1, -0.05) is 13.3 Å². The summed E-state index contributed by atoms with van der Waals surface area (Å²) in [5.41, 5.74) is 0. The Labute approximate surface area is 115 Å². The van der Waals surface area contributed by atoms with Crippen molar-refractivity contribution < 1.29 is 14.7 Å². The van der Waals surface area contributed by atoms with Crippen LogP contribution in [-0.2, 0) is 9.59 Å². The molecule has 2 rings (SSSR count). The number of hydrogen-bond donors (Lipinski definition) is 1. The minimum atomic E-state index is -0.793. The molecular formula is C15H25NO3. The van der Waals surface area contributed by atoms with Gasteiger partial charge in [0.2, 0.25) is 5.91 Å². The van der Waals surface area contributed by atoms with Crippen molar-refractivity contribution in [3.63, 3.8) is 0 Å². The number of piperidine rings is 1. The molecule has 0 aromatic rings. The normalized spacial score (nSPS) is 35.4. The first-order valence-corrected chi connectivity index (χ1v) is 7.57. The maximum absolute atomic E-state index is 12.6. The number of carbonyl (C=O) groups excluding carboxylic acids is 1. The van der Waals surface area contributed by atoms with Crippen LogP contribution in [0.1, 0.15) is 52.4 Å². The molecule has 1 N–H and O–H groups in total. The average molecular weight is 267 g/mol. The highest BCUT2D eigenvalue weighted by molar-refractivity contribution is 5.85. The zero-order valence-electron chi connectivity index (χ0n) is 12.0. The Morgan fingerprint density at radius 1 is 1.21 bits per heavy atom.